The third-order valence-electron chi connectivity index (χ3n) is 3.01. The molecular formula is C16H18N2O2. The molecule has 0 spiro atoms. The number of anilines is 1. The van der Waals surface area contributed by atoms with Crippen LogP contribution in [0.3, 0.4) is 0 Å². The number of aliphatic hydroxyl groups is 1. The largest absolute Gasteiger partial charge is 0.392 e. The molecule has 0 bridgehead atoms. The second-order valence-corrected chi connectivity index (χ2v) is 4.64. The molecule has 20 heavy (non-hydrogen) atoms. The molecule has 0 saturated carbocycles. The quantitative estimate of drug-likeness (QED) is 0.774. The number of amides is 1. The van der Waals surface area contributed by atoms with E-state index >= 15 is 0 Å². The van der Waals surface area contributed by atoms with Gasteiger partial charge < -0.3 is 16.2 Å². The average Bonchev–Trinajstić information content (AvgIpc) is 2.48. The van der Waals surface area contributed by atoms with Gasteiger partial charge in [-0.15, -0.1) is 0 Å². The molecule has 0 fully saturated rings. The summed E-state index contributed by atoms with van der Waals surface area (Å²) in [5.41, 5.74) is 8.33. The highest BCUT2D eigenvalue weighted by atomic mass is 16.3. The van der Waals surface area contributed by atoms with Gasteiger partial charge in [-0.3, -0.25) is 4.79 Å². The van der Waals surface area contributed by atoms with E-state index in [1.165, 1.54) is 0 Å². The van der Waals surface area contributed by atoms with Crippen LogP contribution >= 0.6 is 0 Å². The Bertz CT molecular complexity index is 570. The average molecular weight is 270 g/mol. The van der Waals surface area contributed by atoms with Gasteiger partial charge in [-0.25, -0.2) is 0 Å². The summed E-state index contributed by atoms with van der Waals surface area (Å²) in [6.07, 6.45) is 0.492. The Morgan fingerprint density at radius 3 is 2.50 bits per heavy atom. The van der Waals surface area contributed by atoms with Gasteiger partial charge in [-0.2, -0.15) is 0 Å². The van der Waals surface area contributed by atoms with E-state index in [1.54, 1.807) is 24.3 Å². The SMILES string of the molecule is NC(Cc1ccccc1)C(=O)Nc1cccc(CO)c1. The van der Waals surface area contributed by atoms with Crippen molar-refractivity contribution in [3.8, 4) is 0 Å². The minimum Gasteiger partial charge on any atom is -0.392 e. The number of carbonyl (C=O) groups is 1. The van der Waals surface area contributed by atoms with Gasteiger partial charge in [0.25, 0.3) is 0 Å². The molecule has 1 amide bonds. The van der Waals surface area contributed by atoms with Crippen LogP contribution in [0.15, 0.2) is 54.6 Å². The van der Waals surface area contributed by atoms with Crippen molar-refractivity contribution in [2.75, 3.05) is 5.32 Å². The number of nitrogens with two attached hydrogens (primary N) is 1. The van der Waals surface area contributed by atoms with Gasteiger partial charge in [-0.1, -0.05) is 42.5 Å². The zero-order valence-corrected chi connectivity index (χ0v) is 11.1. The van der Waals surface area contributed by atoms with Crippen LogP contribution in [0.4, 0.5) is 5.69 Å². The van der Waals surface area contributed by atoms with E-state index in [0.717, 1.165) is 11.1 Å². The second kappa shape index (κ2) is 6.84. The number of benzene rings is 2. The van der Waals surface area contributed by atoms with Crippen LogP contribution < -0.4 is 11.1 Å². The van der Waals surface area contributed by atoms with Crippen molar-refractivity contribution in [1.82, 2.24) is 0 Å². The van der Waals surface area contributed by atoms with E-state index in [2.05, 4.69) is 5.32 Å². The summed E-state index contributed by atoms with van der Waals surface area (Å²) in [5.74, 6) is -0.232. The molecule has 0 aliphatic carbocycles. The lowest BCUT2D eigenvalue weighted by atomic mass is 10.1. The van der Waals surface area contributed by atoms with E-state index < -0.39 is 6.04 Å². The highest BCUT2D eigenvalue weighted by Crippen LogP contribution is 2.11. The Morgan fingerprint density at radius 1 is 1.10 bits per heavy atom. The zero-order valence-electron chi connectivity index (χ0n) is 11.1. The van der Waals surface area contributed by atoms with E-state index in [9.17, 15) is 4.79 Å². The lowest BCUT2D eigenvalue weighted by molar-refractivity contribution is -0.117. The summed E-state index contributed by atoms with van der Waals surface area (Å²) in [5, 5.41) is 11.8. The van der Waals surface area contributed by atoms with Crippen molar-refractivity contribution in [1.29, 1.82) is 0 Å². The molecule has 2 rings (SSSR count). The maximum atomic E-state index is 12.0. The molecule has 1 unspecified atom stereocenters. The molecule has 0 radical (unpaired) electrons. The lowest BCUT2D eigenvalue weighted by Crippen LogP contribution is -2.37. The second-order valence-electron chi connectivity index (χ2n) is 4.64. The van der Waals surface area contributed by atoms with Crippen LogP contribution in [-0.4, -0.2) is 17.1 Å². The standard InChI is InChI=1S/C16H18N2O2/c17-15(10-12-5-2-1-3-6-12)16(20)18-14-8-4-7-13(9-14)11-19/h1-9,15,19H,10-11,17H2,(H,18,20). The summed E-state index contributed by atoms with van der Waals surface area (Å²) in [6.45, 7) is -0.0558. The topological polar surface area (TPSA) is 75.4 Å². The highest BCUT2D eigenvalue weighted by Gasteiger charge is 2.14. The molecule has 2 aromatic carbocycles. The van der Waals surface area contributed by atoms with Gasteiger partial charge >= 0.3 is 0 Å². The monoisotopic (exact) mass is 270 g/mol. The van der Waals surface area contributed by atoms with Crippen molar-refractivity contribution in [2.24, 2.45) is 5.73 Å². The Hall–Kier alpha value is -2.17. The minimum absolute atomic E-state index is 0.0558. The fourth-order valence-corrected chi connectivity index (χ4v) is 1.94. The summed E-state index contributed by atoms with van der Waals surface area (Å²) >= 11 is 0. The Labute approximate surface area is 118 Å². The number of aliphatic hydroxyl groups excluding tert-OH is 1. The first-order valence-electron chi connectivity index (χ1n) is 6.49. The zero-order chi connectivity index (χ0) is 14.4. The van der Waals surface area contributed by atoms with Crippen LogP contribution in [0.25, 0.3) is 0 Å². The van der Waals surface area contributed by atoms with Crippen molar-refractivity contribution in [2.45, 2.75) is 19.1 Å². The molecule has 0 saturated heterocycles. The summed E-state index contributed by atoms with van der Waals surface area (Å²) < 4.78 is 0. The molecule has 2 aromatic rings. The molecule has 104 valence electrons. The Balaban J connectivity index is 1.97. The predicted octanol–water partition coefficient (Wildman–Crippen LogP) is 1.69. The van der Waals surface area contributed by atoms with Crippen LogP contribution in [-0.2, 0) is 17.8 Å². The first-order chi connectivity index (χ1) is 9.69. The van der Waals surface area contributed by atoms with Crippen molar-refractivity contribution >= 4 is 11.6 Å². The first kappa shape index (κ1) is 14.2. The summed E-state index contributed by atoms with van der Waals surface area (Å²) in [7, 11) is 0. The van der Waals surface area contributed by atoms with Crippen molar-refractivity contribution < 1.29 is 9.90 Å². The normalized spacial score (nSPS) is 11.9. The number of rotatable bonds is 5. The smallest absolute Gasteiger partial charge is 0.241 e. The van der Waals surface area contributed by atoms with E-state index in [0.29, 0.717) is 12.1 Å². The van der Waals surface area contributed by atoms with E-state index in [1.807, 2.05) is 30.3 Å². The van der Waals surface area contributed by atoms with Crippen LogP contribution in [0.2, 0.25) is 0 Å². The molecule has 0 heterocycles. The summed E-state index contributed by atoms with van der Waals surface area (Å²) in [6, 6.07) is 16.1. The maximum absolute atomic E-state index is 12.0. The molecule has 4 N–H and O–H groups in total. The fraction of sp³-hybridized carbons (Fsp3) is 0.188. The van der Waals surface area contributed by atoms with Gasteiger partial charge in [0, 0.05) is 5.69 Å². The highest BCUT2D eigenvalue weighted by molar-refractivity contribution is 5.94. The van der Waals surface area contributed by atoms with Gasteiger partial charge in [0.05, 0.1) is 12.6 Å². The van der Waals surface area contributed by atoms with Gasteiger partial charge in [0.15, 0.2) is 0 Å². The van der Waals surface area contributed by atoms with Crippen LogP contribution in [0.1, 0.15) is 11.1 Å². The fourth-order valence-electron chi connectivity index (χ4n) is 1.94. The molecule has 0 aliphatic heterocycles. The van der Waals surface area contributed by atoms with Gasteiger partial charge in [-0.05, 0) is 29.7 Å². The van der Waals surface area contributed by atoms with E-state index in [-0.39, 0.29) is 12.5 Å². The molecule has 0 aromatic heterocycles. The first-order valence-corrected chi connectivity index (χ1v) is 6.49. The van der Waals surface area contributed by atoms with Crippen LogP contribution in [0, 0.1) is 0 Å². The minimum atomic E-state index is -0.602. The number of nitrogens with one attached hydrogen (secondary N) is 1. The Kier molecular flexibility index (Phi) is 4.87. The summed E-state index contributed by atoms with van der Waals surface area (Å²) in [4.78, 5) is 12.0. The number of hydrogen-bond acceptors (Lipinski definition) is 3. The third-order valence-corrected chi connectivity index (χ3v) is 3.01. The third kappa shape index (κ3) is 3.91. The van der Waals surface area contributed by atoms with Crippen molar-refractivity contribution in [3.05, 3.63) is 65.7 Å². The predicted molar refractivity (Wildman–Crippen MR) is 79.1 cm³/mol. The van der Waals surface area contributed by atoms with Crippen LogP contribution in [0.5, 0.6) is 0 Å². The molecule has 4 heteroatoms. The van der Waals surface area contributed by atoms with Gasteiger partial charge in [0.1, 0.15) is 0 Å². The number of hydrogen-bond donors (Lipinski definition) is 3. The maximum Gasteiger partial charge on any atom is 0.241 e. The van der Waals surface area contributed by atoms with E-state index in [4.69, 9.17) is 10.8 Å². The molecule has 0 aliphatic rings. The number of carbonyl (C=O) groups excluding carboxylic acids is 1. The molecular weight excluding hydrogens is 252 g/mol. The Morgan fingerprint density at radius 2 is 1.80 bits per heavy atom. The molecule has 4 nitrogen and oxygen atoms in total. The molecule has 1 atom stereocenters. The van der Waals surface area contributed by atoms with Gasteiger partial charge in [0.2, 0.25) is 5.91 Å². The lowest BCUT2D eigenvalue weighted by Gasteiger charge is -2.13. The van der Waals surface area contributed by atoms with Crippen molar-refractivity contribution in [3.63, 3.8) is 0 Å².